The van der Waals surface area contributed by atoms with E-state index in [4.69, 9.17) is 9.72 Å². The molecule has 0 unspecified atom stereocenters. The van der Waals surface area contributed by atoms with E-state index in [1.165, 1.54) is 24.3 Å². The summed E-state index contributed by atoms with van der Waals surface area (Å²) in [7, 11) is 0. The third-order valence-corrected chi connectivity index (χ3v) is 5.44. The molecular weight excluding hydrogens is 405 g/mol. The predicted molar refractivity (Wildman–Crippen MR) is 124 cm³/mol. The Bertz CT molecular complexity index is 1210. The molecule has 164 valence electrons. The number of benzene rings is 3. The van der Waals surface area contributed by atoms with Gasteiger partial charge in [-0.25, -0.2) is 9.37 Å². The maximum atomic E-state index is 13.1. The second-order valence-electron chi connectivity index (χ2n) is 7.75. The molecular formula is C26H26FN3O2. The quantitative estimate of drug-likeness (QED) is 0.434. The monoisotopic (exact) mass is 431 g/mol. The van der Waals surface area contributed by atoms with Crippen molar-refractivity contribution in [2.45, 2.75) is 26.8 Å². The Labute approximate surface area is 186 Å². The lowest BCUT2D eigenvalue weighted by molar-refractivity contribution is 0.0954. The first-order chi connectivity index (χ1) is 15.5. The molecule has 4 aromatic rings. The molecule has 1 aromatic heterocycles. The molecule has 4 rings (SSSR count). The zero-order valence-electron chi connectivity index (χ0n) is 18.3. The highest BCUT2D eigenvalue weighted by Gasteiger charge is 2.12. The van der Waals surface area contributed by atoms with E-state index in [0.717, 1.165) is 33.7 Å². The Morgan fingerprint density at radius 2 is 1.72 bits per heavy atom. The first kappa shape index (κ1) is 21.6. The smallest absolute Gasteiger partial charge is 0.251 e. The van der Waals surface area contributed by atoms with E-state index in [9.17, 15) is 9.18 Å². The number of hydrogen-bond acceptors (Lipinski definition) is 3. The number of carbonyl (C=O) groups excluding carboxylic acids is 1. The molecule has 0 saturated heterocycles. The normalized spacial score (nSPS) is 11.0. The molecule has 0 bridgehead atoms. The van der Waals surface area contributed by atoms with Crippen molar-refractivity contribution in [2.24, 2.45) is 0 Å². The Hall–Kier alpha value is -3.67. The highest BCUT2D eigenvalue weighted by atomic mass is 19.1. The van der Waals surface area contributed by atoms with Gasteiger partial charge >= 0.3 is 0 Å². The fraction of sp³-hybridized carbons (Fsp3) is 0.231. The van der Waals surface area contributed by atoms with Crippen LogP contribution in [-0.4, -0.2) is 28.6 Å². The fourth-order valence-electron chi connectivity index (χ4n) is 3.82. The molecule has 0 aliphatic carbocycles. The van der Waals surface area contributed by atoms with Gasteiger partial charge in [-0.15, -0.1) is 0 Å². The molecule has 1 N–H and O–H groups in total. The number of rotatable bonds is 8. The summed E-state index contributed by atoms with van der Waals surface area (Å²) in [6, 6.07) is 19.6. The van der Waals surface area contributed by atoms with Crippen LogP contribution in [-0.2, 0) is 13.0 Å². The minimum Gasteiger partial charge on any atom is -0.491 e. The van der Waals surface area contributed by atoms with Crippen molar-refractivity contribution < 1.29 is 13.9 Å². The zero-order valence-corrected chi connectivity index (χ0v) is 18.3. The van der Waals surface area contributed by atoms with Crippen LogP contribution in [0.1, 0.15) is 27.3 Å². The van der Waals surface area contributed by atoms with Crippen LogP contribution < -0.4 is 10.1 Å². The van der Waals surface area contributed by atoms with Crippen LogP contribution in [0, 0.1) is 19.7 Å². The number of carbonyl (C=O) groups is 1. The predicted octanol–water partition coefficient (Wildman–Crippen LogP) is 4.84. The number of hydrogen-bond donors (Lipinski definition) is 1. The molecule has 0 atom stereocenters. The summed E-state index contributed by atoms with van der Waals surface area (Å²) in [5.74, 6) is 1.21. The van der Waals surface area contributed by atoms with E-state index in [0.29, 0.717) is 31.7 Å². The Kier molecular flexibility index (Phi) is 6.50. The van der Waals surface area contributed by atoms with E-state index in [2.05, 4.69) is 9.88 Å². The largest absolute Gasteiger partial charge is 0.491 e. The van der Waals surface area contributed by atoms with Gasteiger partial charge in [0.1, 0.15) is 24.0 Å². The topological polar surface area (TPSA) is 56.1 Å². The fourth-order valence-corrected chi connectivity index (χ4v) is 3.82. The lowest BCUT2D eigenvalue weighted by Gasteiger charge is -2.14. The SMILES string of the molecule is Cc1cccc(C)c1OCCn1c(CCNC(=O)c2ccc(F)cc2)nc2ccccc21. The third-order valence-electron chi connectivity index (χ3n) is 5.44. The first-order valence-corrected chi connectivity index (χ1v) is 10.7. The van der Waals surface area contributed by atoms with Crippen LogP contribution in [0.3, 0.4) is 0 Å². The van der Waals surface area contributed by atoms with Crippen molar-refractivity contribution in [2.75, 3.05) is 13.2 Å². The van der Waals surface area contributed by atoms with Gasteiger partial charge in [0, 0.05) is 18.5 Å². The summed E-state index contributed by atoms with van der Waals surface area (Å²) in [6.45, 7) is 5.68. The summed E-state index contributed by atoms with van der Waals surface area (Å²) in [4.78, 5) is 17.1. The molecule has 32 heavy (non-hydrogen) atoms. The summed E-state index contributed by atoms with van der Waals surface area (Å²) < 4.78 is 21.3. The number of fused-ring (bicyclic) bond motifs is 1. The maximum Gasteiger partial charge on any atom is 0.251 e. The number of para-hydroxylation sites is 3. The lowest BCUT2D eigenvalue weighted by Crippen LogP contribution is -2.26. The summed E-state index contributed by atoms with van der Waals surface area (Å²) in [5.41, 5.74) is 4.62. The van der Waals surface area contributed by atoms with E-state index in [-0.39, 0.29) is 11.7 Å². The Balaban J connectivity index is 1.44. The third kappa shape index (κ3) is 4.80. The van der Waals surface area contributed by atoms with E-state index >= 15 is 0 Å². The average Bonchev–Trinajstić information content (AvgIpc) is 3.13. The van der Waals surface area contributed by atoms with Crippen LogP contribution in [0.5, 0.6) is 5.75 Å². The second kappa shape index (κ2) is 9.64. The van der Waals surface area contributed by atoms with Crippen molar-refractivity contribution in [1.82, 2.24) is 14.9 Å². The highest BCUT2D eigenvalue weighted by molar-refractivity contribution is 5.94. The average molecular weight is 432 g/mol. The number of amides is 1. The molecule has 0 aliphatic rings. The van der Waals surface area contributed by atoms with Crippen molar-refractivity contribution >= 4 is 16.9 Å². The molecule has 0 fully saturated rings. The van der Waals surface area contributed by atoms with E-state index in [1.807, 2.05) is 56.3 Å². The van der Waals surface area contributed by atoms with Crippen LogP contribution >= 0.6 is 0 Å². The van der Waals surface area contributed by atoms with Crippen LogP contribution in [0.15, 0.2) is 66.7 Å². The molecule has 0 radical (unpaired) electrons. The van der Waals surface area contributed by atoms with Crippen LogP contribution in [0.4, 0.5) is 4.39 Å². The zero-order chi connectivity index (χ0) is 22.5. The summed E-state index contributed by atoms with van der Waals surface area (Å²) in [5, 5.41) is 2.89. The molecule has 1 heterocycles. The molecule has 6 heteroatoms. The highest BCUT2D eigenvalue weighted by Crippen LogP contribution is 2.23. The van der Waals surface area contributed by atoms with Gasteiger partial charge in [0.15, 0.2) is 0 Å². The number of imidazole rings is 1. The minimum absolute atomic E-state index is 0.231. The first-order valence-electron chi connectivity index (χ1n) is 10.7. The van der Waals surface area contributed by atoms with E-state index < -0.39 is 0 Å². The molecule has 0 saturated carbocycles. The van der Waals surface area contributed by atoms with Gasteiger partial charge in [-0.05, 0) is 61.4 Å². The van der Waals surface area contributed by atoms with Gasteiger partial charge in [-0.2, -0.15) is 0 Å². The van der Waals surface area contributed by atoms with Gasteiger partial charge in [0.25, 0.3) is 5.91 Å². The van der Waals surface area contributed by atoms with E-state index in [1.54, 1.807) is 0 Å². The summed E-state index contributed by atoms with van der Waals surface area (Å²) >= 11 is 0. The van der Waals surface area contributed by atoms with Crippen molar-refractivity contribution in [3.8, 4) is 5.75 Å². The number of aryl methyl sites for hydroxylation is 2. The van der Waals surface area contributed by atoms with Gasteiger partial charge in [-0.3, -0.25) is 4.79 Å². The van der Waals surface area contributed by atoms with Crippen molar-refractivity contribution in [3.05, 3.63) is 95.1 Å². The van der Waals surface area contributed by atoms with Gasteiger partial charge in [-0.1, -0.05) is 30.3 Å². The van der Waals surface area contributed by atoms with Crippen molar-refractivity contribution in [3.63, 3.8) is 0 Å². The lowest BCUT2D eigenvalue weighted by atomic mass is 10.1. The number of halogens is 1. The Morgan fingerprint density at radius 1 is 1.00 bits per heavy atom. The standard InChI is InChI=1S/C26H26FN3O2/c1-18-6-5-7-19(2)25(18)32-17-16-30-23-9-4-3-8-22(23)29-24(30)14-15-28-26(31)20-10-12-21(27)13-11-20/h3-13H,14-17H2,1-2H3,(H,28,31). The number of aromatic nitrogens is 2. The van der Waals surface area contributed by atoms with Crippen LogP contribution in [0.2, 0.25) is 0 Å². The molecule has 0 aliphatic heterocycles. The summed E-state index contributed by atoms with van der Waals surface area (Å²) in [6.07, 6.45) is 0.574. The Morgan fingerprint density at radius 3 is 2.47 bits per heavy atom. The maximum absolute atomic E-state index is 13.1. The minimum atomic E-state index is -0.363. The van der Waals surface area contributed by atoms with Gasteiger partial charge < -0.3 is 14.6 Å². The molecule has 3 aromatic carbocycles. The number of nitrogens with one attached hydrogen (secondary N) is 1. The second-order valence-corrected chi connectivity index (χ2v) is 7.75. The molecule has 1 amide bonds. The van der Waals surface area contributed by atoms with Crippen LogP contribution in [0.25, 0.3) is 11.0 Å². The van der Waals surface area contributed by atoms with Gasteiger partial charge in [0.2, 0.25) is 0 Å². The molecule has 5 nitrogen and oxygen atoms in total. The number of nitrogens with zero attached hydrogens (tertiary/aromatic N) is 2. The number of ether oxygens (including phenoxy) is 1. The van der Waals surface area contributed by atoms with Gasteiger partial charge in [0.05, 0.1) is 17.6 Å². The molecule has 0 spiro atoms. The van der Waals surface area contributed by atoms with Crippen molar-refractivity contribution in [1.29, 1.82) is 0 Å².